The number of H-pyrrole nitrogens is 1. The Labute approximate surface area is 153 Å². The summed E-state index contributed by atoms with van der Waals surface area (Å²) < 4.78 is 0. The molecule has 0 amide bonds. The Kier molecular flexibility index (Phi) is 2.81. The second-order valence-corrected chi connectivity index (χ2v) is 8.61. The molecule has 1 saturated heterocycles. The smallest absolute Gasteiger partial charge is 0.115 e. The third kappa shape index (κ3) is 1.77. The summed E-state index contributed by atoms with van der Waals surface area (Å²) in [6.07, 6.45) is 4.50. The summed E-state index contributed by atoms with van der Waals surface area (Å²) in [5, 5.41) is 11.6. The van der Waals surface area contributed by atoms with E-state index in [1.807, 2.05) is 6.07 Å². The Morgan fingerprint density at radius 1 is 1.15 bits per heavy atom. The van der Waals surface area contributed by atoms with Crippen LogP contribution in [-0.4, -0.2) is 34.6 Å². The van der Waals surface area contributed by atoms with E-state index in [0.29, 0.717) is 17.7 Å². The summed E-state index contributed by atoms with van der Waals surface area (Å²) >= 11 is 0. The van der Waals surface area contributed by atoms with Crippen LogP contribution in [-0.2, 0) is 24.7 Å². The van der Waals surface area contributed by atoms with Crippen LogP contribution in [0, 0.1) is 5.92 Å². The maximum absolute atomic E-state index is 10.2. The van der Waals surface area contributed by atoms with Crippen molar-refractivity contribution in [3.05, 3.63) is 64.8 Å². The van der Waals surface area contributed by atoms with Crippen LogP contribution in [0.2, 0.25) is 0 Å². The number of nitrogens with one attached hydrogen (secondary N) is 1. The average Bonchev–Trinajstić information content (AvgIpc) is 3.00. The quantitative estimate of drug-likeness (QED) is 0.651. The number of phenolic OH excluding ortho intramolecular Hbond substituents is 1. The van der Waals surface area contributed by atoms with Gasteiger partial charge in [-0.05, 0) is 80.1 Å². The van der Waals surface area contributed by atoms with E-state index in [4.69, 9.17) is 0 Å². The Morgan fingerprint density at radius 2 is 2.04 bits per heavy atom. The van der Waals surface area contributed by atoms with Crippen LogP contribution < -0.4 is 0 Å². The van der Waals surface area contributed by atoms with E-state index in [1.54, 1.807) is 0 Å². The third-order valence-corrected chi connectivity index (χ3v) is 7.53. The van der Waals surface area contributed by atoms with Gasteiger partial charge in [0.05, 0.1) is 0 Å². The predicted octanol–water partition coefficient (Wildman–Crippen LogP) is 3.79. The predicted molar refractivity (Wildman–Crippen MR) is 104 cm³/mol. The van der Waals surface area contributed by atoms with Crippen molar-refractivity contribution in [3.63, 3.8) is 0 Å². The number of rotatable bonds is 0. The zero-order chi connectivity index (χ0) is 17.5. The number of piperidine rings is 1. The molecule has 132 valence electrons. The number of hydrogen-bond acceptors (Lipinski definition) is 2. The highest BCUT2D eigenvalue weighted by Crippen LogP contribution is 2.55. The molecule has 2 aliphatic carbocycles. The Hall–Kier alpha value is -2.26. The van der Waals surface area contributed by atoms with Crippen molar-refractivity contribution in [3.8, 4) is 5.75 Å². The van der Waals surface area contributed by atoms with E-state index in [1.165, 1.54) is 39.7 Å². The summed E-state index contributed by atoms with van der Waals surface area (Å²) in [5.41, 5.74) is 7.24. The van der Waals surface area contributed by atoms with Gasteiger partial charge in [0.2, 0.25) is 0 Å². The molecule has 2 aromatic carbocycles. The van der Waals surface area contributed by atoms with Gasteiger partial charge in [0.15, 0.2) is 0 Å². The molecule has 26 heavy (non-hydrogen) atoms. The minimum Gasteiger partial charge on any atom is -0.508 e. The zero-order valence-electron chi connectivity index (χ0n) is 15.1. The highest BCUT2D eigenvalue weighted by Gasteiger charge is 2.54. The Morgan fingerprint density at radius 3 is 2.96 bits per heavy atom. The van der Waals surface area contributed by atoms with E-state index in [-0.39, 0.29) is 5.41 Å². The van der Waals surface area contributed by atoms with E-state index in [2.05, 4.69) is 53.3 Å². The minimum atomic E-state index is 0.164. The first kappa shape index (κ1) is 14.9. The molecule has 0 radical (unpaired) electrons. The number of aromatic amines is 1. The first-order valence-electron chi connectivity index (χ1n) is 9.77. The second-order valence-electron chi connectivity index (χ2n) is 8.61. The number of likely N-dealkylation sites (tertiary alicyclic amines) is 1. The number of aromatic hydroxyl groups is 1. The number of fused-ring (bicyclic) bond motifs is 4. The fourth-order valence-electron chi connectivity index (χ4n) is 6.29. The van der Waals surface area contributed by atoms with Crippen LogP contribution in [0.1, 0.15) is 28.8 Å². The SMILES string of the molecule is CN1CC[C@@]23Cc4[nH]c5ccccc5c4C[C@H]2[C@H]1Cc1ccc(O)cc13. The number of likely N-dealkylation sites (N-methyl/N-ethyl adjacent to an activating group) is 1. The van der Waals surface area contributed by atoms with Crippen LogP contribution in [0.15, 0.2) is 42.5 Å². The van der Waals surface area contributed by atoms with Gasteiger partial charge in [-0.1, -0.05) is 24.3 Å². The minimum absolute atomic E-state index is 0.164. The van der Waals surface area contributed by atoms with Crippen molar-refractivity contribution in [2.24, 2.45) is 5.92 Å². The molecular weight excluding hydrogens is 320 g/mol. The molecule has 3 aliphatic rings. The van der Waals surface area contributed by atoms with Crippen molar-refractivity contribution in [2.45, 2.75) is 37.1 Å². The lowest BCUT2D eigenvalue weighted by molar-refractivity contribution is 0.0240. The molecule has 3 nitrogen and oxygen atoms in total. The molecule has 0 spiro atoms. The number of nitrogens with zero attached hydrogens (tertiary/aromatic N) is 1. The third-order valence-electron chi connectivity index (χ3n) is 7.53. The van der Waals surface area contributed by atoms with E-state index in [9.17, 15) is 5.11 Å². The van der Waals surface area contributed by atoms with Gasteiger partial charge >= 0.3 is 0 Å². The van der Waals surface area contributed by atoms with E-state index >= 15 is 0 Å². The first-order valence-corrected chi connectivity index (χ1v) is 9.77. The molecule has 1 aromatic heterocycles. The number of phenols is 1. The standard InChI is InChI=1S/C23H24N2O/c1-25-9-8-23-13-21-17(16-4-2-3-5-20(16)24-21)12-19(23)22(25)10-14-6-7-15(26)11-18(14)23/h2-7,11,19,22,24,26H,8-10,12-13H2,1H3/t19-,22+,23-/m0/s1. The van der Waals surface area contributed by atoms with Gasteiger partial charge < -0.3 is 15.0 Å². The normalized spacial score (nSPS) is 29.9. The lowest BCUT2D eigenvalue weighted by Gasteiger charge is -2.58. The average molecular weight is 344 g/mol. The van der Waals surface area contributed by atoms with E-state index < -0.39 is 0 Å². The molecule has 3 aromatic rings. The molecular formula is C23H24N2O. The summed E-state index contributed by atoms with van der Waals surface area (Å²) in [4.78, 5) is 6.31. The highest BCUT2D eigenvalue weighted by atomic mass is 16.3. The van der Waals surface area contributed by atoms with Crippen LogP contribution >= 0.6 is 0 Å². The van der Waals surface area contributed by atoms with Crippen molar-refractivity contribution in [2.75, 3.05) is 13.6 Å². The number of benzene rings is 2. The lowest BCUT2D eigenvalue weighted by atomic mass is 9.52. The van der Waals surface area contributed by atoms with Crippen LogP contribution in [0.5, 0.6) is 5.75 Å². The second kappa shape index (κ2) is 4.92. The molecule has 6 rings (SSSR count). The Balaban J connectivity index is 1.60. The molecule has 0 unspecified atom stereocenters. The summed E-state index contributed by atoms with van der Waals surface area (Å²) in [7, 11) is 2.30. The number of hydrogen-bond donors (Lipinski definition) is 2. The zero-order valence-corrected chi connectivity index (χ0v) is 15.1. The van der Waals surface area contributed by atoms with Crippen LogP contribution in [0.4, 0.5) is 0 Å². The van der Waals surface area contributed by atoms with Gasteiger partial charge in [-0.25, -0.2) is 0 Å². The van der Waals surface area contributed by atoms with Crippen LogP contribution in [0.3, 0.4) is 0 Å². The van der Waals surface area contributed by atoms with Gasteiger partial charge in [0, 0.05) is 28.1 Å². The largest absolute Gasteiger partial charge is 0.508 e. The molecule has 1 aliphatic heterocycles. The lowest BCUT2D eigenvalue weighted by Crippen LogP contribution is -2.61. The van der Waals surface area contributed by atoms with Crippen molar-refractivity contribution < 1.29 is 5.11 Å². The van der Waals surface area contributed by atoms with Crippen molar-refractivity contribution in [1.29, 1.82) is 0 Å². The van der Waals surface area contributed by atoms with E-state index in [0.717, 1.165) is 25.8 Å². The molecule has 3 heteroatoms. The first-order chi connectivity index (χ1) is 12.7. The van der Waals surface area contributed by atoms with Gasteiger partial charge in [-0.2, -0.15) is 0 Å². The summed E-state index contributed by atoms with van der Waals surface area (Å²) in [5.74, 6) is 1.04. The molecule has 2 bridgehead atoms. The highest BCUT2D eigenvalue weighted by molar-refractivity contribution is 5.85. The fraction of sp³-hybridized carbons (Fsp3) is 0.391. The topological polar surface area (TPSA) is 39.3 Å². The molecule has 1 fully saturated rings. The van der Waals surface area contributed by atoms with Crippen molar-refractivity contribution >= 4 is 10.9 Å². The van der Waals surface area contributed by atoms with Gasteiger partial charge in [0.1, 0.15) is 5.75 Å². The molecule has 0 saturated carbocycles. The molecule has 3 atom stereocenters. The number of aromatic nitrogens is 1. The van der Waals surface area contributed by atoms with Crippen LogP contribution in [0.25, 0.3) is 10.9 Å². The Bertz CT molecular complexity index is 1040. The maximum Gasteiger partial charge on any atom is 0.115 e. The number of para-hydroxylation sites is 1. The monoisotopic (exact) mass is 344 g/mol. The molecule has 2 N–H and O–H groups in total. The molecule has 2 heterocycles. The maximum atomic E-state index is 10.2. The van der Waals surface area contributed by atoms with Gasteiger partial charge in [-0.15, -0.1) is 0 Å². The van der Waals surface area contributed by atoms with Crippen molar-refractivity contribution in [1.82, 2.24) is 9.88 Å². The van der Waals surface area contributed by atoms with Gasteiger partial charge in [-0.3, -0.25) is 0 Å². The van der Waals surface area contributed by atoms with Gasteiger partial charge in [0.25, 0.3) is 0 Å². The summed E-state index contributed by atoms with van der Waals surface area (Å²) in [6.45, 7) is 1.14. The fourth-order valence-corrected chi connectivity index (χ4v) is 6.29. The summed E-state index contributed by atoms with van der Waals surface area (Å²) in [6, 6.07) is 15.4.